The number of aliphatic hydroxyl groups is 3. The number of aliphatic hydroxyl groups excluding tert-OH is 2. The van der Waals surface area contributed by atoms with E-state index < -0.39 is 5.60 Å². The Balaban J connectivity index is 2.37. The Morgan fingerprint density at radius 1 is 1.19 bits per heavy atom. The zero-order valence-corrected chi connectivity index (χ0v) is 17.0. The Morgan fingerprint density at radius 2 is 1.93 bits per heavy atom. The molecule has 6 heteroatoms. The lowest BCUT2D eigenvalue weighted by atomic mass is 9.88. The van der Waals surface area contributed by atoms with E-state index >= 15 is 0 Å². The highest BCUT2D eigenvalue weighted by Crippen LogP contribution is 2.34. The minimum Gasteiger partial charge on any atom is -0.393 e. The van der Waals surface area contributed by atoms with Gasteiger partial charge in [-0.2, -0.15) is 0 Å². The van der Waals surface area contributed by atoms with Gasteiger partial charge in [-0.3, -0.25) is 9.59 Å². The van der Waals surface area contributed by atoms with E-state index in [1.54, 1.807) is 0 Å². The lowest BCUT2D eigenvalue weighted by molar-refractivity contribution is -0.122. The molecule has 3 N–H and O–H groups in total. The van der Waals surface area contributed by atoms with Crippen molar-refractivity contribution in [3.8, 4) is 0 Å². The number of ketones is 2. The number of rotatable bonds is 15. The highest BCUT2D eigenvalue weighted by molar-refractivity contribution is 6.17. The summed E-state index contributed by atoms with van der Waals surface area (Å²) in [6.07, 6.45) is 11.9. The number of unbranched alkanes of at least 4 members (excludes halogenated alkanes) is 3. The van der Waals surface area contributed by atoms with Gasteiger partial charge in [-0.05, 0) is 44.4 Å². The largest absolute Gasteiger partial charge is 0.393 e. The van der Waals surface area contributed by atoms with Crippen LogP contribution in [0.15, 0.2) is 12.2 Å². The zero-order chi connectivity index (χ0) is 20.1. The molecule has 0 aromatic carbocycles. The molecule has 5 nitrogen and oxygen atoms in total. The molecule has 0 aromatic heterocycles. The van der Waals surface area contributed by atoms with E-state index in [1.165, 1.54) is 0 Å². The van der Waals surface area contributed by atoms with Crippen LogP contribution in [0.25, 0.3) is 0 Å². The van der Waals surface area contributed by atoms with Gasteiger partial charge in [0, 0.05) is 24.6 Å². The average Bonchev–Trinajstić information content (AvgIpc) is 3.02. The lowest BCUT2D eigenvalue weighted by Crippen LogP contribution is -2.32. The van der Waals surface area contributed by atoms with Gasteiger partial charge in [-0.1, -0.05) is 31.4 Å². The van der Waals surface area contributed by atoms with Gasteiger partial charge < -0.3 is 15.3 Å². The summed E-state index contributed by atoms with van der Waals surface area (Å²) in [6.45, 7) is -0.665. The number of carbonyl (C=O) groups is 2. The van der Waals surface area contributed by atoms with Crippen LogP contribution in [0.3, 0.4) is 0 Å². The second-order valence-corrected chi connectivity index (χ2v) is 8.11. The first-order valence-corrected chi connectivity index (χ1v) is 10.7. The van der Waals surface area contributed by atoms with E-state index in [-0.39, 0.29) is 30.8 Å². The summed E-state index contributed by atoms with van der Waals surface area (Å²) in [5.74, 6) is 0.925. The van der Waals surface area contributed by atoms with E-state index in [9.17, 15) is 19.8 Å². The summed E-state index contributed by atoms with van der Waals surface area (Å²) in [4.78, 5) is 23.2. The molecule has 1 aliphatic rings. The molecule has 0 spiro atoms. The van der Waals surface area contributed by atoms with E-state index in [4.69, 9.17) is 16.7 Å². The topological polar surface area (TPSA) is 94.8 Å². The Morgan fingerprint density at radius 3 is 2.59 bits per heavy atom. The fourth-order valence-corrected chi connectivity index (χ4v) is 3.90. The van der Waals surface area contributed by atoms with Crippen molar-refractivity contribution in [3.63, 3.8) is 0 Å². The lowest BCUT2D eigenvalue weighted by Gasteiger charge is -2.24. The van der Waals surface area contributed by atoms with Crippen molar-refractivity contribution < 1.29 is 24.9 Å². The number of carbonyl (C=O) groups excluding carboxylic acids is 2. The van der Waals surface area contributed by atoms with Gasteiger partial charge in [0.1, 0.15) is 12.4 Å². The van der Waals surface area contributed by atoms with Crippen LogP contribution in [0.5, 0.6) is 0 Å². The van der Waals surface area contributed by atoms with Crippen molar-refractivity contribution in [1.29, 1.82) is 0 Å². The monoisotopic (exact) mass is 402 g/mol. The molecule has 0 amide bonds. The van der Waals surface area contributed by atoms with Gasteiger partial charge >= 0.3 is 0 Å². The number of halogens is 1. The highest BCUT2D eigenvalue weighted by Gasteiger charge is 2.32. The molecule has 0 aliphatic heterocycles. The molecule has 0 aromatic rings. The maximum Gasteiger partial charge on any atom is 0.158 e. The maximum atomic E-state index is 12.2. The van der Waals surface area contributed by atoms with Gasteiger partial charge in [0.05, 0.1) is 12.2 Å². The van der Waals surface area contributed by atoms with E-state index in [0.29, 0.717) is 43.8 Å². The van der Waals surface area contributed by atoms with E-state index in [2.05, 4.69) is 0 Å². The Labute approximate surface area is 167 Å². The number of hydrogen-bond donors (Lipinski definition) is 3. The van der Waals surface area contributed by atoms with Gasteiger partial charge in [0.15, 0.2) is 5.78 Å². The molecular formula is C21H35ClO5. The zero-order valence-electron chi connectivity index (χ0n) is 16.2. The molecule has 27 heavy (non-hydrogen) atoms. The predicted octanol–water partition coefficient (Wildman–Crippen LogP) is 3.17. The Bertz CT molecular complexity index is 479. The van der Waals surface area contributed by atoms with Crippen LogP contribution in [0.4, 0.5) is 0 Å². The maximum absolute atomic E-state index is 12.2. The highest BCUT2D eigenvalue weighted by atomic mass is 35.5. The Kier molecular flexibility index (Phi) is 12.1. The van der Waals surface area contributed by atoms with Gasteiger partial charge in [0.25, 0.3) is 0 Å². The van der Waals surface area contributed by atoms with Crippen molar-refractivity contribution in [2.24, 2.45) is 11.8 Å². The first kappa shape index (κ1) is 24.3. The summed E-state index contributed by atoms with van der Waals surface area (Å²) < 4.78 is 0. The number of Topliss-reactive ketones (excluding diaryl/α,β-unsaturated/α-hetero) is 2. The third-order valence-corrected chi connectivity index (χ3v) is 5.77. The summed E-state index contributed by atoms with van der Waals surface area (Å²) in [5, 5.41) is 28.5. The molecule has 1 aliphatic carbocycles. The summed E-state index contributed by atoms with van der Waals surface area (Å²) >= 11 is 5.66. The van der Waals surface area contributed by atoms with Crippen LogP contribution in [-0.2, 0) is 9.59 Å². The van der Waals surface area contributed by atoms with Crippen molar-refractivity contribution in [2.45, 2.75) is 76.2 Å². The summed E-state index contributed by atoms with van der Waals surface area (Å²) in [6, 6.07) is 0. The molecule has 3 atom stereocenters. The minimum atomic E-state index is -1.13. The molecule has 1 saturated carbocycles. The van der Waals surface area contributed by atoms with Gasteiger partial charge in [-0.15, -0.1) is 11.6 Å². The smallest absolute Gasteiger partial charge is 0.158 e. The second kappa shape index (κ2) is 13.4. The van der Waals surface area contributed by atoms with Crippen molar-refractivity contribution in [2.75, 3.05) is 19.1 Å². The van der Waals surface area contributed by atoms with Crippen molar-refractivity contribution >= 4 is 23.2 Å². The van der Waals surface area contributed by atoms with E-state index in [0.717, 1.165) is 38.5 Å². The molecule has 1 unspecified atom stereocenters. The van der Waals surface area contributed by atoms with E-state index in [1.807, 2.05) is 12.2 Å². The van der Waals surface area contributed by atoms with Gasteiger partial charge in [-0.25, -0.2) is 0 Å². The van der Waals surface area contributed by atoms with Crippen molar-refractivity contribution in [3.05, 3.63) is 12.2 Å². The normalized spacial score (nSPS) is 22.4. The van der Waals surface area contributed by atoms with Crippen LogP contribution in [0.2, 0.25) is 0 Å². The number of allylic oxidation sites excluding steroid dienone is 1. The minimum absolute atomic E-state index is 0.0467. The summed E-state index contributed by atoms with van der Waals surface area (Å²) in [5.41, 5.74) is -1.13. The molecule has 0 heterocycles. The quantitative estimate of drug-likeness (QED) is 0.222. The summed E-state index contributed by atoms with van der Waals surface area (Å²) in [7, 11) is 0. The first-order chi connectivity index (χ1) is 13.0. The van der Waals surface area contributed by atoms with Crippen LogP contribution in [-0.4, -0.2) is 51.6 Å². The fraction of sp³-hybridized carbons (Fsp3) is 0.810. The predicted molar refractivity (Wildman–Crippen MR) is 107 cm³/mol. The molecule has 0 saturated heterocycles. The number of alkyl halides is 1. The Hall–Kier alpha value is -0.750. The molecule has 1 rings (SSSR count). The van der Waals surface area contributed by atoms with Crippen LogP contribution >= 0.6 is 11.6 Å². The van der Waals surface area contributed by atoms with Crippen molar-refractivity contribution in [1.82, 2.24) is 0 Å². The molecule has 156 valence electrons. The molecular weight excluding hydrogens is 368 g/mol. The first-order valence-electron chi connectivity index (χ1n) is 10.2. The fourth-order valence-electron chi connectivity index (χ4n) is 3.76. The number of hydrogen-bond acceptors (Lipinski definition) is 5. The van der Waals surface area contributed by atoms with Crippen LogP contribution in [0, 0.1) is 11.8 Å². The molecule has 1 fully saturated rings. The standard InChI is InChI=1S/C21H35ClO5/c22-14-6-13-21(27,16-24)12-5-7-17-10-11-20(26)19(17)9-4-2-1-3-8-18(25)15-23/h5,7,17,19,23-24,27H,1-4,6,8-16H2/t17-,19+,21?/m0/s1. The van der Waals surface area contributed by atoms with Crippen LogP contribution in [0.1, 0.15) is 70.6 Å². The van der Waals surface area contributed by atoms with Crippen LogP contribution < -0.4 is 0 Å². The SMILES string of the molecule is O=C(CO)CCCCCC[C@H]1C(=O)CC[C@@H]1C=CCC(O)(CO)CCCCl. The third kappa shape index (κ3) is 9.33. The third-order valence-electron chi connectivity index (χ3n) is 5.50. The molecule has 0 radical (unpaired) electrons. The van der Waals surface area contributed by atoms with Gasteiger partial charge in [0.2, 0.25) is 0 Å². The average molecular weight is 403 g/mol. The molecule has 0 bridgehead atoms. The second-order valence-electron chi connectivity index (χ2n) is 7.73.